The van der Waals surface area contributed by atoms with Gasteiger partial charge in [-0.15, -0.1) is 0 Å². The molecule has 0 N–H and O–H groups in total. The van der Waals surface area contributed by atoms with Crippen LogP contribution >= 0.6 is 0 Å². The first-order valence-corrected chi connectivity index (χ1v) is 12.0. The van der Waals surface area contributed by atoms with Crippen LogP contribution in [-0.2, 0) is 9.47 Å². The van der Waals surface area contributed by atoms with Gasteiger partial charge >= 0.3 is 6.16 Å². The lowest BCUT2D eigenvalue weighted by Gasteiger charge is -2.14. The van der Waals surface area contributed by atoms with Crippen molar-refractivity contribution in [3.05, 3.63) is 0 Å². The average Bonchev–Trinajstić information content (AvgIpc) is 2.68. The summed E-state index contributed by atoms with van der Waals surface area (Å²) in [4.78, 5) is 11.6. The van der Waals surface area contributed by atoms with E-state index in [2.05, 4.69) is 20.8 Å². The van der Waals surface area contributed by atoms with Crippen molar-refractivity contribution >= 4 is 6.16 Å². The molecule has 27 heavy (non-hydrogen) atoms. The van der Waals surface area contributed by atoms with Gasteiger partial charge in [0.2, 0.25) is 0 Å². The molecule has 0 bridgehead atoms. The highest BCUT2D eigenvalue weighted by Gasteiger charge is 2.10. The molecule has 3 nitrogen and oxygen atoms in total. The summed E-state index contributed by atoms with van der Waals surface area (Å²) in [5.41, 5.74) is 0. The zero-order valence-corrected chi connectivity index (χ0v) is 18.7. The van der Waals surface area contributed by atoms with Crippen LogP contribution in [0.4, 0.5) is 4.79 Å². The van der Waals surface area contributed by atoms with Crippen LogP contribution in [0.1, 0.15) is 130 Å². The van der Waals surface area contributed by atoms with E-state index in [9.17, 15) is 4.79 Å². The smallest absolute Gasteiger partial charge is 0.434 e. The van der Waals surface area contributed by atoms with E-state index in [0.29, 0.717) is 19.1 Å². The van der Waals surface area contributed by atoms with Gasteiger partial charge in [-0.1, -0.05) is 117 Å². The van der Waals surface area contributed by atoms with E-state index in [1.54, 1.807) is 0 Å². The molecular weight excluding hydrogens is 336 g/mol. The van der Waals surface area contributed by atoms with Crippen LogP contribution in [0.15, 0.2) is 0 Å². The van der Waals surface area contributed by atoms with Gasteiger partial charge in [0.05, 0.1) is 13.2 Å². The van der Waals surface area contributed by atoms with Crippen molar-refractivity contribution in [1.82, 2.24) is 0 Å². The lowest BCUT2D eigenvalue weighted by molar-refractivity contribution is 0.0415. The first-order chi connectivity index (χ1) is 13.2. The number of rotatable bonds is 20. The van der Waals surface area contributed by atoms with Crippen molar-refractivity contribution in [3.63, 3.8) is 0 Å². The zero-order chi connectivity index (χ0) is 20.0. The number of hydrogen-bond donors (Lipinski definition) is 0. The summed E-state index contributed by atoms with van der Waals surface area (Å²) in [6.45, 7) is 7.63. The number of ether oxygens (including phenoxy) is 2. The maximum Gasteiger partial charge on any atom is 0.508 e. The Morgan fingerprint density at radius 3 is 1.59 bits per heavy atom. The summed E-state index contributed by atoms with van der Waals surface area (Å²) in [7, 11) is 0. The minimum absolute atomic E-state index is 0.480. The summed E-state index contributed by atoms with van der Waals surface area (Å²) in [5.74, 6) is 0.480. The summed E-state index contributed by atoms with van der Waals surface area (Å²) in [6.07, 6.45) is 21.4. The zero-order valence-electron chi connectivity index (χ0n) is 18.7. The van der Waals surface area contributed by atoms with Crippen LogP contribution in [0.25, 0.3) is 0 Å². The normalized spacial score (nSPS) is 12.1. The molecule has 0 aliphatic rings. The lowest BCUT2D eigenvalue weighted by Crippen LogP contribution is -2.15. The van der Waals surface area contributed by atoms with Gasteiger partial charge in [0.1, 0.15) is 0 Å². The largest absolute Gasteiger partial charge is 0.508 e. The molecule has 0 heterocycles. The molecule has 0 fully saturated rings. The second-order valence-electron chi connectivity index (χ2n) is 8.07. The van der Waals surface area contributed by atoms with Gasteiger partial charge in [-0.3, -0.25) is 0 Å². The molecule has 0 rings (SSSR count). The fraction of sp³-hybridized carbons (Fsp3) is 0.958. The Morgan fingerprint density at radius 2 is 1.11 bits per heavy atom. The SMILES string of the molecule is CCCCCCCCCCCCCCCOC(=O)OCC(CC)CCCC. The topological polar surface area (TPSA) is 35.5 Å². The fourth-order valence-electron chi connectivity index (χ4n) is 3.40. The number of carbonyl (C=O) groups excluding carboxylic acids is 1. The quantitative estimate of drug-likeness (QED) is 0.156. The van der Waals surface area contributed by atoms with E-state index < -0.39 is 6.16 Å². The third-order valence-electron chi connectivity index (χ3n) is 5.45. The molecule has 3 heteroatoms. The van der Waals surface area contributed by atoms with Gasteiger partial charge in [-0.2, -0.15) is 0 Å². The van der Waals surface area contributed by atoms with Crippen molar-refractivity contribution in [2.45, 2.75) is 130 Å². The molecule has 0 aromatic heterocycles. The third-order valence-corrected chi connectivity index (χ3v) is 5.45. The van der Waals surface area contributed by atoms with E-state index in [1.165, 1.54) is 83.5 Å². The fourth-order valence-corrected chi connectivity index (χ4v) is 3.40. The molecule has 0 radical (unpaired) electrons. The van der Waals surface area contributed by atoms with Gasteiger partial charge in [0.25, 0.3) is 0 Å². The van der Waals surface area contributed by atoms with Gasteiger partial charge in [0.15, 0.2) is 0 Å². The molecule has 0 saturated heterocycles. The van der Waals surface area contributed by atoms with Crippen LogP contribution < -0.4 is 0 Å². The predicted octanol–water partition coefficient (Wildman–Crippen LogP) is 8.45. The molecule has 0 spiro atoms. The highest BCUT2D eigenvalue weighted by atomic mass is 16.7. The molecule has 162 valence electrons. The van der Waals surface area contributed by atoms with E-state index in [4.69, 9.17) is 9.47 Å². The van der Waals surface area contributed by atoms with Crippen molar-refractivity contribution in [2.24, 2.45) is 5.92 Å². The van der Waals surface area contributed by atoms with Crippen LogP contribution in [0.3, 0.4) is 0 Å². The first-order valence-electron chi connectivity index (χ1n) is 12.0. The standard InChI is InChI=1S/C24H48O3/c1-4-7-9-10-11-12-13-14-15-16-17-18-19-21-26-24(25)27-22-23(6-3)20-8-5-2/h23H,4-22H2,1-3H3. The molecule has 0 amide bonds. The van der Waals surface area contributed by atoms with Crippen LogP contribution in [-0.4, -0.2) is 19.4 Å². The van der Waals surface area contributed by atoms with E-state index in [0.717, 1.165) is 25.7 Å². The summed E-state index contributed by atoms with van der Waals surface area (Å²) < 4.78 is 10.4. The van der Waals surface area contributed by atoms with Gasteiger partial charge in [-0.05, 0) is 18.8 Å². The maximum atomic E-state index is 11.6. The molecule has 1 atom stereocenters. The van der Waals surface area contributed by atoms with Gasteiger partial charge in [-0.25, -0.2) is 4.79 Å². The first kappa shape index (κ1) is 26.3. The second-order valence-corrected chi connectivity index (χ2v) is 8.07. The predicted molar refractivity (Wildman–Crippen MR) is 116 cm³/mol. The Labute approximate surface area is 170 Å². The highest BCUT2D eigenvalue weighted by molar-refractivity contribution is 5.59. The minimum atomic E-state index is -0.483. The summed E-state index contributed by atoms with van der Waals surface area (Å²) in [5, 5.41) is 0. The number of hydrogen-bond acceptors (Lipinski definition) is 3. The second kappa shape index (κ2) is 21.6. The van der Waals surface area contributed by atoms with Crippen LogP contribution in [0.2, 0.25) is 0 Å². The Bertz CT molecular complexity index is 304. The van der Waals surface area contributed by atoms with Crippen LogP contribution in [0.5, 0.6) is 0 Å². The van der Waals surface area contributed by atoms with Gasteiger partial charge < -0.3 is 9.47 Å². The van der Waals surface area contributed by atoms with E-state index >= 15 is 0 Å². The Balaban J connectivity index is 3.28. The number of unbranched alkanes of at least 4 members (excludes halogenated alkanes) is 13. The molecule has 0 aliphatic carbocycles. The Morgan fingerprint density at radius 1 is 0.630 bits per heavy atom. The Hall–Kier alpha value is -0.730. The molecular formula is C24H48O3. The highest BCUT2D eigenvalue weighted by Crippen LogP contribution is 2.14. The summed E-state index contributed by atoms with van der Waals surface area (Å²) in [6, 6.07) is 0. The van der Waals surface area contributed by atoms with E-state index in [-0.39, 0.29) is 0 Å². The average molecular weight is 385 g/mol. The Kier molecular flexibility index (Phi) is 21.0. The van der Waals surface area contributed by atoms with Crippen molar-refractivity contribution in [1.29, 1.82) is 0 Å². The molecule has 0 aliphatic heterocycles. The number of carbonyl (C=O) groups is 1. The molecule has 0 saturated carbocycles. The van der Waals surface area contributed by atoms with Crippen molar-refractivity contribution < 1.29 is 14.3 Å². The monoisotopic (exact) mass is 384 g/mol. The summed E-state index contributed by atoms with van der Waals surface area (Å²) >= 11 is 0. The van der Waals surface area contributed by atoms with Crippen LogP contribution in [0, 0.1) is 5.92 Å². The van der Waals surface area contributed by atoms with Crippen molar-refractivity contribution in [2.75, 3.05) is 13.2 Å². The van der Waals surface area contributed by atoms with Crippen molar-refractivity contribution in [3.8, 4) is 0 Å². The third kappa shape index (κ3) is 19.8. The molecule has 0 aromatic rings. The van der Waals surface area contributed by atoms with Gasteiger partial charge in [0, 0.05) is 0 Å². The molecule has 1 unspecified atom stereocenters. The minimum Gasteiger partial charge on any atom is -0.434 e. The lowest BCUT2D eigenvalue weighted by atomic mass is 10.0. The van der Waals surface area contributed by atoms with E-state index in [1.807, 2.05) is 0 Å². The molecule has 0 aromatic carbocycles. The maximum absolute atomic E-state index is 11.6.